The quantitative estimate of drug-likeness (QED) is 0.728. The molecule has 0 bridgehead atoms. The maximum absolute atomic E-state index is 13.0. The first-order chi connectivity index (χ1) is 6.60. The van der Waals surface area contributed by atoms with Gasteiger partial charge in [0.25, 0.3) is 0 Å². The van der Waals surface area contributed by atoms with E-state index in [2.05, 4.69) is 6.92 Å². The molecule has 0 aromatic heterocycles. The number of benzene rings is 1. The third kappa shape index (κ3) is 1.67. The fraction of sp³-hybridized carbons (Fsp3) is 0.500. The number of aliphatic hydroxyl groups is 1. The van der Waals surface area contributed by atoms with E-state index in [4.69, 9.17) is 0 Å². The minimum absolute atomic E-state index is 0.268. The number of rotatable bonds is 1. The number of halogens is 1. The van der Waals surface area contributed by atoms with E-state index in [1.54, 1.807) is 12.1 Å². The van der Waals surface area contributed by atoms with E-state index in [1.165, 1.54) is 12.1 Å². The Morgan fingerprint density at radius 2 is 2.29 bits per heavy atom. The topological polar surface area (TPSA) is 20.2 Å². The molecule has 0 heterocycles. The molecule has 1 saturated carbocycles. The van der Waals surface area contributed by atoms with Crippen molar-refractivity contribution in [2.45, 2.75) is 31.8 Å². The van der Waals surface area contributed by atoms with Crippen molar-refractivity contribution in [1.29, 1.82) is 0 Å². The lowest BCUT2D eigenvalue weighted by Crippen LogP contribution is -2.21. The van der Waals surface area contributed by atoms with Crippen LogP contribution < -0.4 is 0 Å². The van der Waals surface area contributed by atoms with Crippen LogP contribution in [0, 0.1) is 11.7 Å². The average Bonchev–Trinajstić information content (AvgIpc) is 2.48. The minimum atomic E-state index is -0.790. The lowest BCUT2D eigenvalue weighted by Gasteiger charge is -2.23. The van der Waals surface area contributed by atoms with Gasteiger partial charge in [0, 0.05) is 0 Å². The molecule has 0 spiro atoms. The van der Waals surface area contributed by atoms with Crippen molar-refractivity contribution in [1.82, 2.24) is 0 Å². The van der Waals surface area contributed by atoms with Gasteiger partial charge in [-0.15, -0.1) is 0 Å². The van der Waals surface area contributed by atoms with Crippen molar-refractivity contribution in [3.05, 3.63) is 35.6 Å². The van der Waals surface area contributed by atoms with E-state index >= 15 is 0 Å². The highest BCUT2D eigenvalue weighted by Crippen LogP contribution is 2.41. The summed E-state index contributed by atoms with van der Waals surface area (Å²) in [4.78, 5) is 0. The zero-order valence-corrected chi connectivity index (χ0v) is 8.33. The van der Waals surface area contributed by atoms with Crippen LogP contribution in [-0.2, 0) is 5.60 Å². The van der Waals surface area contributed by atoms with E-state index in [1.807, 2.05) is 0 Å². The molecule has 14 heavy (non-hydrogen) atoms. The summed E-state index contributed by atoms with van der Waals surface area (Å²) in [5, 5.41) is 10.3. The van der Waals surface area contributed by atoms with Crippen LogP contribution in [0.15, 0.2) is 24.3 Å². The third-order valence-electron chi connectivity index (χ3n) is 3.10. The Morgan fingerprint density at radius 1 is 1.50 bits per heavy atom. The molecule has 0 saturated heterocycles. The molecule has 1 aromatic rings. The standard InChI is InChI=1S/C12H15FO/c1-9-5-6-12(14,8-9)10-3-2-4-11(13)7-10/h2-4,7,9,14H,5-6,8H2,1H3. The molecule has 1 fully saturated rings. The first-order valence-corrected chi connectivity index (χ1v) is 5.08. The van der Waals surface area contributed by atoms with Gasteiger partial charge in [0.1, 0.15) is 5.82 Å². The molecule has 2 heteroatoms. The first-order valence-electron chi connectivity index (χ1n) is 5.08. The smallest absolute Gasteiger partial charge is 0.123 e. The molecule has 1 N–H and O–H groups in total. The highest BCUT2D eigenvalue weighted by atomic mass is 19.1. The van der Waals surface area contributed by atoms with Crippen LogP contribution in [0.5, 0.6) is 0 Å². The van der Waals surface area contributed by atoms with Crippen molar-refractivity contribution < 1.29 is 9.50 Å². The van der Waals surface area contributed by atoms with Crippen molar-refractivity contribution in [2.75, 3.05) is 0 Å². The second-order valence-corrected chi connectivity index (χ2v) is 4.39. The van der Waals surface area contributed by atoms with E-state index in [0.717, 1.165) is 24.8 Å². The molecule has 1 aromatic carbocycles. The van der Waals surface area contributed by atoms with Gasteiger partial charge in [0.05, 0.1) is 5.60 Å². The summed E-state index contributed by atoms with van der Waals surface area (Å²) >= 11 is 0. The molecule has 1 nitrogen and oxygen atoms in total. The Balaban J connectivity index is 2.30. The highest BCUT2D eigenvalue weighted by molar-refractivity contribution is 5.24. The van der Waals surface area contributed by atoms with E-state index in [-0.39, 0.29) is 5.82 Å². The predicted octanol–water partition coefficient (Wildman–Crippen LogP) is 2.83. The van der Waals surface area contributed by atoms with E-state index in [9.17, 15) is 9.50 Å². The molecule has 1 aliphatic carbocycles. The third-order valence-corrected chi connectivity index (χ3v) is 3.10. The molecule has 0 aliphatic heterocycles. The fourth-order valence-electron chi connectivity index (χ4n) is 2.31. The lowest BCUT2D eigenvalue weighted by atomic mass is 9.91. The van der Waals surface area contributed by atoms with Crippen LogP contribution in [0.1, 0.15) is 31.7 Å². The van der Waals surface area contributed by atoms with Gasteiger partial charge < -0.3 is 5.11 Å². The molecule has 0 radical (unpaired) electrons. The lowest BCUT2D eigenvalue weighted by molar-refractivity contribution is 0.0405. The van der Waals surface area contributed by atoms with Crippen LogP contribution in [-0.4, -0.2) is 5.11 Å². The Morgan fingerprint density at radius 3 is 2.86 bits per heavy atom. The zero-order valence-electron chi connectivity index (χ0n) is 8.33. The maximum Gasteiger partial charge on any atom is 0.123 e. The summed E-state index contributed by atoms with van der Waals surface area (Å²) in [6, 6.07) is 6.32. The summed E-state index contributed by atoms with van der Waals surface area (Å²) in [5.74, 6) is 0.263. The van der Waals surface area contributed by atoms with E-state index < -0.39 is 5.60 Å². The fourth-order valence-corrected chi connectivity index (χ4v) is 2.31. The Bertz CT molecular complexity index is 337. The molecular weight excluding hydrogens is 179 g/mol. The van der Waals surface area contributed by atoms with Crippen LogP contribution >= 0.6 is 0 Å². The van der Waals surface area contributed by atoms with E-state index in [0.29, 0.717) is 5.92 Å². The molecular formula is C12H15FO. The van der Waals surface area contributed by atoms with Crippen molar-refractivity contribution in [3.8, 4) is 0 Å². The van der Waals surface area contributed by atoms with Crippen molar-refractivity contribution >= 4 is 0 Å². The van der Waals surface area contributed by atoms with Crippen molar-refractivity contribution in [2.24, 2.45) is 5.92 Å². The second-order valence-electron chi connectivity index (χ2n) is 4.39. The first kappa shape index (κ1) is 9.66. The monoisotopic (exact) mass is 194 g/mol. The van der Waals surface area contributed by atoms with Crippen LogP contribution in [0.3, 0.4) is 0 Å². The molecule has 2 unspecified atom stereocenters. The molecule has 76 valence electrons. The highest BCUT2D eigenvalue weighted by Gasteiger charge is 2.36. The van der Waals surface area contributed by atoms with Gasteiger partial charge in [0.15, 0.2) is 0 Å². The molecule has 2 atom stereocenters. The minimum Gasteiger partial charge on any atom is -0.385 e. The molecule has 0 amide bonds. The van der Waals surface area contributed by atoms with Gasteiger partial charge in [-0.2, -0.15) is 0 Å². The van der Waals surface area contributed by atoms with Gasteiger partial charge in [-0.1, -0.05) is 19.1 Å². The Labute approximate surface area is 83.6 Å². The SMILES string of the molecule is CC1CCC(O)(c2cccc(F)c2)C1. The van der Waals surface area contributed by atoms with Gasteiger partial charge in [-0.05, 0) is 42.9 Å². The van der Waals surface area contributed by atoms with Crippen molar-refractivity contribution in [3.63, 3.8) is 0 Å². The van der Waals surface area contributed by atoms with Crippen LogP contribution in [0.4, 0.5) is 4.39 Å². The van der Waals surface area contributed by atoms with Gasteiger partial charge >= 0.3 is 0 Å². The van der Waals surface area contributed by atoms with Gasteiger partial charge in [0.2, 0.25) is 0 Å². The second kappa shape index (κ2) is 3.35. The summed E-state index contributed by atoms with van der Waals surface area (Å²) < 4.78 is 13.0. The predicted molar refractivity (Wildman–Crippen MR) is 53.3 cm³/mol. The summed E-state index contributed by atoms with van der Waals surface area (Å²) in [6.45, 7) is 2.12. The number of hydrogen-bond donors (Lipinski definition) is 1. The molecule has 1 aliphatic rings. The normalized spacial score (nSPS) is 32.1. The summed E-state index contributed by atoms with van der Waals surface area (Å²) in [7, 11) is 0. The van der Waals surface area contributed by atoms with Crippen LogP contribution in [0.25, 0.3) is 0 Å². The van der Waals surface area contributed by atoms with Gasteiger partial charge in [-0.3, -0.25) is 0 Å². The summed E-state index contributed by atoms with van der Waals surface area (Å²) in [6.07, 6.45) is 2.51. The van der Waals surface area contributed by atoms with Gasteiger partial charge in [-0.25, -0.2) is 4.39 Å². The number of hydrogen-bond acceptors (Lipinski definition) is 1. The Hall–Kier alpha value is -0.890. The summed E-state index contributed by atoms with van der Waals surface area (Å²) in [5.41, 5.74) is -0.0662. The average molecular weight is 194 g/mol. The Kier molecular flexibility index (Phi) is 2.31. The maximum atomic E-state index is 13.0. The van der Waals surface area contributed by atoms with Crippen LogP contribution in [0.2, 0.25) is 0 Å². The zero-order chi connectivity index (χ0) is 10.2. The molecule has 2 rings (SSSR count). The largest absolute Gasteiger partial charge is 0.385 e.